The molecule has 2 aromatic carbocycles. The van der Waals surface area contributed by atoms with Crippen LogP contribution in [-0.4, -0.2) is 9.97 Å². The summed E-state index contributed by atoms with van der Waals surface area (Å²) in [7, 11) is 0. The first kappa shape index (κ1) is 16.7. The number of aromatic amines is 1. The molecule has 4 nitrogen and oxygen atoms in total. The summed E-state index contributed by atoms with van der Waals surface area (Å²) < 4.78 is 0.775. The number of nitriles is 1. The Morgan fingerprint density at radius 2 is 2.08 bits per heavy atom. The van der Waals surface area contributed by atoms with Gasteiger partial charge in [0.25, 0.3) is 5.56 Å². The van der Waals surface area contributed by atoms with Crippen LogP contribution in [0.1, 0.15) is 11.4 Å². The van der Waals surface area contributed by atoms with Gasteiger partial charge < -0.3 is 4.98 Å². The molecule has 1 heterocycles. The lowest BCUT2D eigenvalue weighted by Crippen LogP contribution is -2.11. The molecule has 0 aliphatic rings. The van der Waals surface area contributed by atoms with E-state index in [1.54, 1.807) is 36.4 Å². The molecule has 0 fully saturated rings. The summed E-state index contributed by atoms with van der Waals surface area (Å²) in [6, 6.07) is 12.3. The van der Waals surface area contributed by atoms with Crippen molar-refractivity contribution in [2.24, 2.45) is 0 Å². The summed E-state index contributed by atoms with van der Waals surface area (Å²) in [5.74, 6) is 0.174. The van der Waals surface area contributed by atoms with Crippen LogP contribution in [0.25, 0.3) is 22.6 Å². The van der Waals surface area contributed by atoms with Crippen molar-refractivity contribution in [2.45, 2.75) is 0 Å². The minimum Gasteiger partial charge on any atom is -0.305 e. The quantitative estimate of drug-likeness (QED) is 0.589. The van der Waals surface area contributed by atoms with Gasteiger partial charge in [-0.05, 0) is 35.9 Å². The number of fused-ring (bicyclic) bond motifs is 1. The maximum absolute atomic E-state index is 12.2. The van der Waals surface area contributed by atoms with Crippen LogP contribution in [-0.2, 0) is 0 Å². The molecule has 0 saturated carbocycles. The molecule has 0 radical (unpaired) electrons. The van der Waals surface area contributed by atoms with E-state index in [0.717, 1.165) is 4.47 Å². The van der Waals surface area contributed by atoms with Crippen LogP contribution < -0.4 is 5.56 Å². The maximum atomic E-state index is 12.2. The Kier molecular flexibility index (Phi) is 4.72. The number of aromatic nitrogens is 2. The second-order valence-electron chi connectivity index (χ2n) is 4.89. The maximum Gasteiger partial charge on any atom is 0.259 e. The van der Waals surface area contributed by atoms with E-state index in [9.17, 15) is 10.1 Å². The lowest BCUT2D eigenvalue weighted by atomic mass is 10.1. The van der Waals surface area contributed by atoms with Gasteiger partial charge in [0.2, 0.25) is 0 Å². The fraction of sp³-hybridized carbons (Fsp3) is 0. The number of H-pyrrole nitrogens is 1. The third-order valence-corrected chi connectivity index (χ3v) is 4.65. The van der Waals surface area contributed by atoms with Crippen molar-refractivity contribution in [3.63, 3.8) is 0 Å². The van der Waals surface area contributed by atoms with Gasteiger partial charge in [-0.15, -0.1) is 0 Å². The number of hydrogen-bond acceptors (Lipinski definition) is 3. The van der Waals surface area contributed by atoms with Crippen molar-refractivity contribution in [1.82, 2.24) is 9.97 Å². The normalized spacial score (nSPS) is 11.5. The highest BCUT2D eigenvalue weighted by Gasteiger charge is 2.10. The number of rotatable bonds is 2. The van der Waals surface area contributed by atoms with E-state index in [0.29, 0.717) is 26.5 Å². The predicted molar refractivity (Wildman–Crippen MR) is 100 cm³/mol. The molecule has 3 rings (SSSR count). The van der Waals surface area contributed by atoms with Gasteiger partial charge in [-0.1, -0.05) is 51.3 Å². The summed E-state index contributed by atoms with van der Waals surface area (Å²) >= 11 is 15.4. The standard InChI is InChI=1S/C17H8BrCl2N3O/c18-11-4-5-14-12(7-11)17(24)23-16(22-14)10(8-21)6-9-2-1-3-13(19)15(9)20/h1-7H,(H,22,23,24)/b10-6+. The third kappa shape index (κ3) is 3.22. The monoisotopic (exact) mass is 419 g/mol. The van der Waals surface area contributed by atoms with E-state index < -0.39 is 0 Å². The van der Waals surface area contributed by atoms with Gasteiger partial charge in [0, 0.05) is 4.47 Å². The van der Waals surface area contributed by atoms with Gasteiger partial charge in [0.05, 0.1) is 26.5 Å². The average Bonchev–Trinajstić information content (AvgIpc) is 2.56. The fourth-order valence-corrected chi connectivity index (χ4v) is 2.90. The Morgan fingerprint density at radius 3 is 2.83 bits per heavy atom. The molecule has 0 aliphatic heterocycles. The first-order valence-electron chi connectivity index (χ1n) is 6.75. The van der Waals surface area contributed by atoms with E-state index in [-0.39, 0.29) is 17.0 Å². The smallest absolute Gasteiger partial charge is 0.259 e. The number of halogens is 3. The van der Waals surface area contributed by atoms with Gasteiger partial charge in [0.1, 0.15) is 6.07 Å². The van der Waals surface area contributed by atoms with Gasteiger partial charge >= 0.3 is 0 Å². The molecule has 0 spiro atoms. The molecule has 7 heteroatoms. The molecule has 24 heavy (non-hydrogen) atoms. The number of benzene rings is 2. The Bertz CT molecular complexity index is 1080. The van der Waals surface area contributed by atoms with E-state index in [4.69, 9.17) is 23.2 Å². The third-order valence-electron chi connectivity index (χ3n) is 3.32. The highest BCUT2D eigenvalue weighted by atomic mass is 79.9. The fourth-order valence-electron chi connectivity index (χ4n) is 2.18. The minimum atomic E-state index is -0.324. The lowest BCUT2D eigenvalue weighted by molar-refractivity contribution is 1.13. The second kappa shape index (κ2) is 6.78. The van der Waals surface area contributed by atoms with E-state index >= 15 is 0 Å². The van der Waals surface area contributed by atoms with Crippen LogP contribution >= 0.6 is 39.1 Å². The molecule has 1 aromatic heterocycles. The molecule has 0 aliphatic carbocycles. The average molecular weight is 421 g/mol. The number of allylic oxidation sites excluding steroid dienone is 1. The highest BCUT2D eigenvalue weighted by molar-refractivity contribution is 9.10. The summed E-state index contributed by atoms with van der Waals surface area (Å²) in [5.41, 5.74) is 0.922. The first-order valence-corrected chi connectivity index (χ1v) is 8.30. The molecule has 0 amide bonds. The molecular formula is C17H8BrCl2N3O. The van der Waals surface area contributed by atoms with Crippen molar-refractivity contribution in [3.05, 3.63) is 72.7 Å². The molecule has 0 atom stereocenters. The van der Waals surface area contributed by atoms with Crippen LogP contribution in [0.3, 0.4) is 0 Å². The molecule has 0 saturated heterocycles. The largest absolute Gasteiger partial charge is 0.305 e. The van der Waals surface area contributed by atoms with Crippen molar-refractivity contribution in [1.29, 1.82) is 5.26 Å². The summed E-state index contributed by atoms with van der Waals surface area (Å²) in [6.07, 6.45) is 1.54. The van der Waals surface area contributed by atoms with Crippen LogP contribution in [0.5, 0.6) is 0 Å². The van der Waals surface area contributed by atoms with Crippen LogP contribution in [0.4, 0.5) is 0 Å². The SMILES string of the molecule is N#C/C(=C\c1cccc(Cl)c1Cl)c1nc2ccc(Br)cc2c(=O)[nH]1. The molecule has 0 unspecified atom stereocenters. The van der Waals surface area contributed by atoms with E-state index in [1.165, 1.54) is 6.08 Å². The zero-order chi connectivity index (χ0) is 17.3. The number of nitrogens with one attached hydrogen (secondary N) is 1. The topological polar surface area (TPSA) is 69.5 Å². The van der Waals surface area contributed by atoms with Crippen molar-refractivity contribution in [3.8, 4) is 6.07 Å². The first-order chi connectivity index (χ1) is 11.5. The number of hydrogen-bond donors (Lipinski definition) is 1. The van der Waals surface area contributed by atoms with Gasteiger partial charge in [-0.3, -0.25) is 4.79 Å². The Morgan fingerprint density at radius 1 is 1.29 bits per heavy atom. The van der Waals surface area contributed by atoms with E-state index in [1.807, 2.05) is 6.07 Å². The van der Waals surface area contributed by atoms with E-state index in [2.05, 4.69) is 25.9 Å². The second-order valence-corrected chi connectivity index (χ2v) is 6.59. The van der Waals surface area contributed by atoms with Crippen molar-refractivity contribution in [2.75, 3.05) is 0 Å². The van der Waals surface area contributed by atoms with Gasteiger partial charge in [-0.2, -0.15) is 5.26 Å². The Hall–Kier alpha value is -2.13. The molecule has 1 N–H and O–H groups in total. The van der Waals surface area contributed by atoms with Gasteiger partial charge in [0.15, 0.2) is 5.82 Å². The summed E-state index contributed by atoms with van der Waals surface area (Å²) in [4.78, 5) is 19.2. The molecule has 3 aromatic rings. The van der Waals surface area contributed by atoms with Crippen molar-refractivity contribution < 1.29 is 0 Å². The minimum absolute atomic E-state index is 0.174. The lowest BCUT2D eigenvalue weighted by Gasteiger charge is -2.04. The summed E-state index contributed by atoms with van der Waals surface area (Å²) in [6.45, 7) is 0. The van der Waals surface area contributed by atoms with Gasteiger partial charge in [-0.25, -0.2) is 4.98 Å². The zero-order valence-corrected chi connectivity index (χ0v) is 15.1. The predicted octanol–water partition coefficient (Wildman–Crippen LogP) is 5.06. The number of nitrogens with zero attached hydrogens (tertiary/aromatic N) is 2. The highest BCUT2D eigenvalue weighted by Crippen LogP contribution is 2.28. The zero-order valence-electron chi connectivity index (χ0n) is 12.0. The molecular weight excluding hydrogens is 413 g/mol. The molecule has 118 valence electrons. The van der Waals surface area contributed by atoms with Crippen molar-refractivity contribution >= 4 is 61.7 Å². The van der Waals surface area contributed by atoms with Crippen LogP contribution in [0, 0.1) is 11.3 Å². The Labute approximate surface area is 155 Å². The molecule has 0 bridgehead atoms. The summed E-state index contributed by atoms with van der Waals surface area (Å²) in [5, 5.41) is 10.6. The Balaban J connectivity index is 2.19. The van der Waals surface area contributed by atoms with Crippen LogP contribution in [0.15, 0.2) is 45.7 Å². The van der Waals surface area contributed by atoms with Crippen LogP contribution in [0.2, 0.25) is 10.0 Å².